The zero-order valence-corrected chi connectivity index (χ0v) is 11.1. The van der Waals surface area contributed by atoms with E-state index in [1.807, 2.05) is 0 Å². The van der Waals surface area contributed by atoms with Crippen molar-refractivity contribution in [3.63, 3.8) is 0 Å². The van der Waals surface area contributed by atoms with Crippen LogP contribution in [0.1, 0.15) is 15.9 Å². The van der Waals surface area contributed by atoms with Gasteiger partial charge in [0.15, 0.2) is 5.78 Å². The molecule has 0 fully saturated rings. The molecule has 0 aliphatic rings. The summed E-state index contributed by atoms with van der Waals surface area (Å²) >= 11 is 11.5. The molecule has 0 amide bonds. The molecule has 2 aromatic carbocycles. The number of hydrogen-bond acceptors (Lipinski definition) is 1. The predicted octanol–water partition coefficient (Wildman–Crippen LogP) is 4.70. The molecule has 0 aliphatic heterocycles. The highest BCUT2D eigenvalue weighted by atomic mass is 35.5. The van der Waals surface area contributed by atoms with E-state index >= 15 is 0 Å². The van der Waals surface area contributed by atoms with Crippen LogP contribution in [0.15, 0.2) is 36.4 Å². The summed E-state index contributed by atoms with van der Waals surface area (Å²) < 4.78 is 26.4. The van der Waals surface area contributed by atoms with Gasteiger partial charge in [-0.1, -0.05) is 23.2 Å². The fourth-order valence-corrected chi connectivity index (χ4v) is 2.13. The highest BCUT2D eigenvalue weighted by Gasteiger charge is 2.14. The van der Waals surface area contributed by atoms with E-state index in [2.05, 4.69) is 0 Å². The summed E-state index contributed by atoms with van der Waals surface area (Å²) in [6, 6.07) is 7.43. The lowest BCUT2D eigenvalue weighted by Gasteiger charge is -2.05. The van der Waals surface area contributed by atoms with E-state index in [0.29, 0.717) is 5.02 Å². The molecule has 0 N–H and O–H groups in total. The molecule has 2 aromatic rings. The number of rotatable bonds is 3. The number of benzene rings is 2. The molecule has 0 spiro atoms. The summed E-state index contributed by atoms with van der Waals surface area (Å²) in [7, 11) is 0. The van der Waals surface area contributed by atoms with E-state index in [9.17, 15) is 13.6 Å². The molecule has 5 heteroatoms. The third kappa shape index (κ3) is 3.31. The molecule has 0 heterocycles. The van der Waals surface area contributed by atoms with Gasteiger partial charge < -0.3 is 0 Å². The Morgan fingerprint density at radius 3 is 2.47 bits per heavy atom. The zero-order valence-electron chi connectivity index (χ0n) is 9.59. The van der Waals surface area contributed by atoms with Gasteiger partial charge in [-0.25, -0.2) is 8.78 Å². The average molecular weight is 301 g/mol. The smallest absolute Gasteiger partial charge is 0.168 e. The SMILES string of the molecule is O=C(Cc1cc(Cl)ccc1F)c1ccc(F)cc1Cl. The van der Waals surface area contributed by atoms with Crippen molar-refractivity contribution in [2.24, 2.45) is 0 Å². The molecule has 0 unspecified atom stereocenters. The fourth-order valence-electron chi connectivity index (χ4n) is 1.66. The van der Waals surface area contributed by atoms with E-state index < -0.39 is 17.4 Å². The van der Waals surface area contributed by atoms with Crippen molar-refractivity contribution in [2.45, 2.75) is 6.42 Å². The van der Waals surface area contributed by atoms with Crippen molar-refractivity contribution < 1.29 is 13.6 Å². The summed E-state index contributed by atoms with van der Waals surface area (Å²) in [6.45, 7) is 0. The first-order chi connectivity index (χ1) is 8.97. The minimum absolute atomic E-state index is 0.00689. The molecule has 0 aromatic heterocycles. The minimum Gasteiger partial charge on any atom is -0.294 e. The largest absolute Gasteiger partial charge is 0.294 e. The quantitative estimate of drug-likeness (QED) is 0.751. The van der Waals surface area contributed by atoms with Crippen LogP contribution in [0, 0.1) is 11.6 Å². The highest BCUT2D eigenvalue weighted by molar-refractivity contribution is 6.34. The molecule has 0 saturated heterocycles. The molecule has 0 saturated carbocycles. The van der Waals surface area contributed by atoms with Crippen LogP contribution in [0.3, 0.4) is 0 Å². The fraction of sp³-hybridized carbons (Fsp3) is 0.0714. The van der Waals surface area contributed by atoms with Crippen molar-refractivity contribution in [3.05, 3.63) is 69.2 Å². The maximum atomic E-state index is 13.5. The second-order valence-corrected chi connectivity index (χ2v) is 4.80. The second-order valence-electron chi connectivity index (χ2n) is 3.96. The standard InChI is InChI=1S/C14H8Cl2F2O/c15-9-1-4-13(18)8(5-9)6-14(19)11-3-2-10(17)7-12(11)16/h1-5,7H,6H2. The molecular formula is C14H8Cl2F2O. The van der Waals surface area contributed by atoms with Crippen LogP contribution >= 0.6 is 23.2 Å². The van der Waals surface area contributed by atoms with Crippen molar-refractivity contribution in [3.8, 4) is 0 Å². The third-order valence-corrected chi connectivity index (χ3v) is 3.14. The van der Waals surface area contributed by atoms with Crippen LogP contribution < -0.4 is 0 Å². The summed E-state index contributed by atoms with van der Waals surface area (Å²) in [5.74, 6) is -1.45. The number of Topliss-reactive ketones (excluding diaryl/α,β-unsaturated/α-hetero) is 1. The van der Waals surface area contributed by atoms with Gasteiger partial charge in [0.1, 0.15) is 11.6 Å². The van der Waals surface area contributed by atoms with Crippen molar-refractivity contribution >= 4 is 29.0 Å². The first kappa shape index (κ1) is 14.0. The number of ketones is 1. The lowest BCUT2D eigenvalue weighted by atomic mass is 10.0. The molecule has 0 aliphatic carbocycles. The molecule has 1 nitrogen and oxygen atoms in total. The number of carbonyl (C=O) groups excluding carboxylic acids is 1. The van der Waals surface area contributed by atoms with Gasteiger partial charge in [-0.15, -0.1) is 0 Å². The third-order valence-electron chi connectivity index (χ3n) is 2.59. The van der Waals surface area contributed by atoms with E-state index in [0.717, 1.165) is 12.1 Å². The summed E-state index contributed by atoms with van der Waals surface area (Å²) in [4.78, 5) is 12.0. The van der Waals surface area contributed by atoms with E-state index in [1.165, 1.54) is 24.3 Å². The Bertz CT molecular complexity index is 641. The van der Waals surface area contributed by atoms with Gasteiger partial charge in [-0.2, -0.15) is 0 Å². The zero-order chi connectivity index (χ0) is 14.0. The second kappa shape index (κ2) is 5.68. The summed E-state index contributed by atoms with van der Waals surface area (Å²) in [5.41, 5.74) is 0.334. The van der Waals surface area contributed by atoms with E-state index in [-0.39, 0.29) is 22.6 Å². The Labute approximate surface area is 118 Å². The van der Waals surface area contributed by atoms with Crippen LogP contribution in [0.5, 0.6) is 0 Å². The maximum absolute atomic E-state index is 13.5. The Morgan fingerprint density at radius 1 is 1.05 bits per heavy atom. The first-order valence-electron chi connectivity index (χ1n) is 5.39. The topological polar surface area (TPSA) is 17.1 Å². The van der Waals surface area contributed by atoms with Crippen LogP contribution in [0.4, 0.5) is 8.78 Å². The minimum atomic E-state index is -0.532. The summed E-state index contributed by atoms with van der Waals surface area (Å²) in [6.07, 6.45) is -0.183. The van der Waals surface area contributed by atoms with Crippen LogP contribution in [-0.4, -0.2) is 5.78 Å². The van der Waals surface area contributed by atoms with E-state index in [4.69, 9.17) is 23.2 Å². The van der Waals surface area contributed by atoms with Gasteiger partial charge in [-0.3, -0.25) is 4.79 Å². The Morgan fingerprint density at radius 2 is 1.79 bits per heavy atom. The predicted molar refractivity (Wildman–Crippen MR) is 70.9 cm³/mol. The Balaban J connectivity index is 2.28. The Kier molecular flexibility index (Phi) is 4.17. The first-order valence-corrected chi connectivity index (χ1v) is 6.15. The van der Waals surface area contributed by atoms with Gasteiger partial charge in [0.05, 0.1) is 5.02 Å². The molecule has 98 valence electrons. The number of hydrogen-bond donors (Lipinski definition) is 0. The lowest BCUT2D eigenvalue weighted by molar-refractivity contribution is 0.0992. The summed E-state index contributed by atoms with van der Waals surface area (Å²) in [5, 5.41) is 0.349. The van der Waals surface area contributed by atoms with Gasteiger partial charge in [0, 0.05) is 17.0 Å². The normalized spacial score (nSPS) is 10.5. The number of halogens is 4. The highest BCUT2D eigenvalue weighted by Crippen LogP contribution is 2.21. The molecule has 19 heavy (non-hydrogen) atoms. The van der Waals surface area contributed by atoms with Crippen LogP contribution in [-0.2, 0) is 6.42 Å². The van der Waals surface area contributed by atoms with Gasteiger partial charge in [-0.05, 0) is 42.0 Å². The van der Waals surface area contributed by atoms with Gasteiger partial charge in [0.2, 0.25) is 0 Å². The Hall–Kier alpha value is -1.45. The monoisotopic (exact) mass is 300 g/mol. The molecular weight excluding hydrogens is 293 g/mol. The molecule has 0 bridgehead atoms. The van der Waals surface area contributed by atoms with Gasteiger partial charge in [0.25, 0.3) is 0 Å². The number of carbonyl (C=O) groups is 1. The van der Waals surface area contributed by atoms with E-state index in [1.54, 1.807) is 0 Å². The molecule has 0 atom stereocenters. The lowest BCUT2D eigenvalue weighted by Crippen LogP contribution is -2.06. The average Bonchev–Trinajstić information content (AvgIpc) is 2.33. The van der Waals surface area contributed by atoms with Crippen molar-refractivity contribution in [1.82, 2.24) is 0 Å². The van der Waals surface area contributed by atoms with Crippen molar-refractivity contribution in [1.29, 1.82) is 0 Å². The van der Waals surface area contributed by atoms with Gasteiger partial charge >= 0.3 is 0 Å². The molecule has 0 radical (unpaired) electrons. The van der Waals surface area contributed by atoms with Crippen molar-refractivity contribution in [2.75, 3.05) is 0 Å². The maximum Gasteiger partial charge on any atom is 0.168 e. The van der Waals surface area contributed by atoms with Crippen LogP contribution in [0.25, 0.3) is 0 Å². The molecule has 2 rings (SSSR count). The van der Waals surface area contributed by atoms with Crippen LogP contribution in [0.2, 0.25) is 10.0 Å².